The smallest absolute Gasteiger partial charge is 0.00165 e. The highest BCUT2D eigenvalue weighted by atomic mass is 15.1. The van der Waals surface area contributed by atoms with E-state index in [0.717, 1.165) is 5.41 Å². The molecule has 2 aliphatic rings. The maximum atomic E-state index is 2.53. The number of likely N-dealkylation sites (tertiary alicyclic amines) is 1. The molecule has 0 radical (unpaired) electrons. The fourth-order valence-corrected chi connectivity index (χ4v) is 3.37. The first-order valence-electron chi connectivity index (χ1n) is 6.49. The predicted molar refractivity (Wildman–Crippen MR) is 61.5 cm³/mol. The van der Waals surface area contributed by atoms with Crippen LogP contribution >= 0.6 is 0 Å². The molecular formula is C13H25N. The molecule has 0 bridgehead atoms. The van der Waals surface area contributed by atoms with Crippen molar-refractivity contribution in [1.82, 2.24) is 4.90 Å². The molecule has 0 aromatic heterocycles. The molecule has 1 heteroatoms. The van der Waals surface area contributed by atoms with Crippen molar-refractivity contribution in [3.05, 3.63) is 0 Å². The molecule has 1 saturated heterocycles. The van der Waals surface area contributed by atoms with Crippen LogP contribution in [0.15, 0.2) is 0 Å². The van der Waals surface area contributed by atoms with E-state index in [0.29, 0.717) is 0 Å². The largest absolute Gasteiger partial charge is 0.306 e. The summed E-state index contributed by atoms with van der Waals surface area (Å²) in [5.41, 5.74) is 0.765. The lowest BCUT2D eigenvalue weighted by Gasteiger charge is -2.31. The highest BCUT2D eigenvalue weighted by Gasteiger charge is 2.31. The molecule has 0 atom stereocenters. The first-order valence-corrected chi connectivity index (χ1v) is 6.49. The Hall–Kier alpha value is -0.0400. The van der Waals surface area contributed by atoms with Gasteiger partial charge in [-0.25, -0.2) is 0 Å². The standard InChI is InChI=1S/C13H25N/c1-14-11-6-9-13(10-12-14)7-4-2-3-5-8-13/h2-12H2,1H3. The Labute approximate surface area is 88.9 Å². The van der Waals surface area contributed by atoms with Crippen molar-refractivity contribution in [3.8, 4) is 0 Å². The Balaban J connectivity index is 1.97. The molecule has 2 fully saturated rings. The van der Waals surface area contributed by atoms with Crippen molar-refractivity contribution in [1.29, 1.82) is 0 Å². The van der Waals surface area contributed by atoms with Gasteiger partial charge in [-0.2, -0.15) is 0 Å². The quantitative estimate of drug-likeness (QED) is 0.572. The molecule has 1 aliphatic carbocycles. The van der Waals surface area contributed by atoms with Gasteiger partial charge in [0.15, 0.2) is 0 Å². The molecule has 0 N–H and O–H groups in total. The van der Waals surface area contributed by atoms with Crippen molar-refractivity contribution >= 4 is 0 Å². The van der Waals surface area contributed by atoms with Gasteiger partial charge in [0.05, 0.1) is 0 Å². The summed E-state index contributed by atoms with van der Waals surface area (Å²) in [5.74, 6) is 0. The van der Waals surface area contributed by atoms with Crippen molar-refractivity contribution in [2.45, 2.75) is 57.8 Å². The second-order valence-electron chi connectivity index (χ2n) is 5.57. The average molecular weight is 195 g/mol. The van der Waals surface area contributed by atoms with Crippen molar-refractivity contribution in [3.63, 3.8) is 0 Å². The lowest BCUT2D eigenvalue weighted by atomic mass is 9.74. The SMILES string of the molecule is CN1CCCC2(CCCCCC2)CC1. The summed E-state index contributed by atoms with van der Waals surface area (Å²) in [7, 11) is 2.29. The van der Waals surface area contributed by atoms with Crippen LogP contribution in [-0.4, -0.2) is 25.0 Å². The zero-order chi connectivity index (χ0) is 9.86. The van der Waals surface area contributed by atoms with E-state index in [4.69, 9.17) is 0 Å². The van der Waals surface area contributed by atoms with E-state index in [2.05, 4.69) is 11.9 Å². The molecule has 1 spiro atoms. The summed E-state index contributed by atoms with van der Waals surface area (Å²) in [4.78, 5) is 2.53. The highest BCUT2D eigenvalue weighted by molar-refractivity contribution is 4.84. The van der Waals surface area contributed by atoms with Crippen LogP contribution in [-0.2, 0) is 0 Å². The van der Waals surface area contributed by atoms with Crippen LogP contribution in [0.4, 0.5) is 0 Å². The molecule has 0 aromatic rings. The molecule has 0 unspecified atom stereocenters. The van der Waals surface area contributed by atoms with Gasteiger partial charge in [-0.15, -0.1) is 0 Å². The van der Waals surface area contributed by atoms with Gasteiger partial charge >= 0.3 is 0 Å². The first-order chi connectivity index (χ1) is 6.81. The Morgan fingerprint density at radius 3 is 2.07 bits per heavy atom. The molecule has 1 aliphatic heterocycles. The van der Waals surface area contributed by atoms with Gasteiger partial charge in [0.2, 0.25) is 0 Å². The summed E-state index contributed by atoms with van der Waals surface area (Å²) in [5, 5.41) is 0. The second-order valence-corrected chi connectivity index (χ2v) is 5.57. The van der Waals surface area contributed by atoms with Crippen LogP contribution in [0.1, 0.15) is 57.8 Å². The summed E-state index contributed by atoms with van der Waals surface area (Å²) in [6.07, 6.45) is 13.5. The minimum atomic E-state index is 0.765. The van der Waals surface area contributed by atoms with Crippen molar-refractivity contribution < 1.29 is 0 Å². The Morgan fingerprint density at radius 2 is 1.36 bits per heavy atom. The number of hydrogen-bond acceptors (Lipinski definition) is 1. The summed E-state index contributed by atoms with van der Waals surface area (Å²) < 4.78 is 0. The van der Waals surface area contributed by atoms with Gasteiger partial charge < -0.3 is 4.90 Å². The van der Waals surface area contributed by atoms with E-state index in [1.54, 1.807) is 0 Å². The van der Waals surface area contributed by atoms with Gasteiger partial charge in [-0.05, 0) is 57.7 Å². The van der Waals surface area contributed by atoms with Gasteiger partial charge in [0.1, 0.15) is 0 Å². The zero-order valence-corrected chi connectivity index (χ0v) is 9.73. The van der Waals surface area contributed by atoms with Gasteiger partial charge in [0, 0.05) is 0 Å². The molecule has 1 heterocycles. The fraction of sp³-hybridized carbons (Fsp3) is 1.00. The topological polar surface area (TPSA) is 3.24 Å². The lowest BCUT2D eigenvalue weighted by molar-refractivity contribution is 0.205. The van der Waals surface area contributed by atoms with E-state index in [1.165, 1.54) is 70.9 Å². The maximum absolute atomic E-state index is 2.53. The fourth-order valence-electron chi connectivity index (χ4n) is 3.37. The molecule has 0 amide bonds. The summed E-state index contributed by atoms with van der Waals surface area (Å²) >= 11 is 0. The minimum Gasteiger partial charge on any atom is -0.306 e. The summed E-state index contributed by atoms with van der Waals surface area (Å²) in [6.45, 7) is 2.68. The van der Waals surface area contributed by atoms with Crippen molar-refractivity contribution in [2.24, 2.45) is 5.41 Å². The summed E-state index contributed by atoms with van der Waals surface area (Å²) in [6, 6.07) is 0. The Bertz CT molecular complexity index is 168. The minimum absolute atomic E-state index is 0.765. The maximum Gasteiger partial charge on any atom is -0.00165 e. The number of rotatable bonds is 0. The van der Waals surface area contributed by atoms with Crippen LogP contribution in [0.5, 0.6) is 0 Å². The van der Waals surface area contributed by atoms with Gasteiger partial charge in [-0.3, -0.25) is 0 Å². The molecule has 2 rings (SSSR count). The molecule has 14 heavy (non-hydrogen) atoms. The molecule has 0 aromatic carbocycles. The first kappa shape index (κ1) is 10.5. The van der Waals surface area contributed by atoms with Gasteiger partial charge in [0.25, 0.3) is 0 Å². The number of hydrogen-bond donors (Lipinski definition) is 0. The number of nitrogens with zero attached hydrogens (tertiary/aromatic N) is 1. The molecule has 82 valence electrons. The Kier molecular flexibility index (Phi) is 3.48. The zero-order valence-electron chi connectivity index (χ0n) is 9.73. The third kappa shape index (κ3) is 2.50. The third-order valence-corrected chi connectivity index (χ3v) is 4.44. The normalized spacial score (nSPS) is 29.8. The Morgan fingerprint density at radius 1 is 0.714 bits per heavy atom. The van der Waals surface area contributed by atoms with E-state index in [-0.39, 0.29) is 0 Å². The highest BCUT2D eigenvalue weighted by Crippen LogP contribution is 2.43. The van der Waals surface area contributed by atoms with Crippen LogP contribution < -0.4 is 0 Å². The second kappa shape index (κ2) is 4.65. The predicted octanol–water partition coefficient (Wildman–Crippen LogP) is 3.44. The van der Waals surface area contributed by atoms with Crippen LogP contribution in [0, 0.1) is 5.41 Å². The van der Waals surface area contributed by atoms with Crippen molar-refractivity contribution in [2.75, 3.05) is 20.1 Å². The van der Waals surface area contributed by atoms with Crippen LogP contribution in [0.2, 0.25) is 0 Å². The van der Waals surface area contributed by atoms with Crippen LogP contribution in [0.3, 0.4) is 0 Å². The molecule has 1 saturated carbocycles. The monoisotopic (exact) mass is 195 g/mol. The average Bonchev–Trinajstić information content (AvgIpc) is 2.50. The third-order valence-electron chi connectivity index (χ3n) is 4.44. The molecular weight excluding hydrogens is 170 g/mol. The van der Waals surface area contributed by atoms with E-state index in [1.807, 2.05) is 0 Å². The molecule has 1 nitrogen and oxygen atoms in total. The van der Waals surface area contributed by atoms with E-state index < -0.39 is 0 Å². The van der Waals surface area contributed by atoms with E-state index >= 15 is 0 Å². The lowest BCUT2D eigenvalue weighted by Crippen LogP contribution is -2.23. The van der Waals surface area contributed by atoms with Crippen LogP contribution in [0.25, 0.3) is 0 Å². The van der Waals surface area contributed by atoms with Gasteiger partial charge in [-0.1, -0.05) is 25.7 Å². The van der Waals surface area contributed by atoms with E-state index in [9.17, 15) is 0 Å².